The maximum Gasteiger partial charge on any atom is 0.251 e. The first-order chi connectivity index (χ1) is 10.1. The summed E-state index contributed by atoms with van der Waals surface area (Å²) in [7, 11) is 0. The van der Waals surface area contributed by atoms with Crippen LogP contribution in [0.25, 0.3) is 0 Å². The number of halogens is 2. The number of hydrogen-bond acceptors (Lipinski definition) is 1. The number of benzene rings is 2. The highest BCUT2D eigenvalue weighted by Crippen LogP contribution is 2.19. The molecule has 1 atom stereocenters. The smallest absolute Gasteiger partial charge is 0.251 e. The molecule has 4 heteroatoms. The van der Waals surface area contributed by atoms with Crippen molar-refractivity contribution in [1.29, 1.82) is 0 Å². The monoisotopic (exact) mass is 321 g/mol. The van der Waals surface area contributed by atoms with Crippen LogP contribution in [0, 0.1) is 6.92 Å². The average Bonchev–Trinajstić information content (AvgIpc) is 2.50. The van der Waals surface area contributed by atoms with Crippen molar-refractivity contribution in [2.45, 2.75) is 19.4 Å². The van der Waals surface area contributed by atoms with Gasteiger partial charge in [0.15, 0.2) is 0 Å². The third kappa shape index (κ3) is 4.23. The molecule has 2 nitrogen and oxygen atoms in total. The molecule has 2 aromatic carbocycles. The zero-order chi connectivity index (χ0) is 15.2. The number of carbonyl (C=O) groups excluding carboxylic acids is 1. The summed E-state index contributed by atoms with van der Waals surface area (Å²) in [5.74, 6) is 0.219. The van der Waals surface area contributed by atoms with Gasteiger partial charge in [0.2, 0.25) is 0 Å². The van der Waals surface area contributed by atoms with Gasteiger partial charge < -0.3 is 5.32 Å². The van der Waals surface area contributed by atoms with Gasteiger partial charge in [0, 0.05) is 22.5 Å². The summed E-state index contributed by atoms with van der Waals surface area (Å²) in [5.41, 5.74) is 2.52. The average molecular weight is 322 g/mol. The van der Waals surface area contributed by atoms with E-state index in [1.165, 1.54) is 0 Å². The lowest BCUT2D eigenvalue weighted by Gasteiger charge is -2.17. The van der Waals surface area contributed by atoms with E-state index in [1.807, 2.05) is 37.3 Å². The Morgan fingerprint density at radius 1 is 1.14 bits per heavy atom. The van der Waals surface area contributed by atoms with Crippen LogP contribution < -0.4 is 5.32 Å². The van der Waals surface area contributed by atoms with Crippen molar-refractivity contribution < 1.29 is 4.79 Å². The van der Waals surface area contributed by atoms with Crippen LogP contribution in [0.3, 0.4) is 0 Å². The molecule has 1 amide bonds. The van der Waals surface area contributed by atoms with Gasteiger partial charge in [-0.25, -0.2) is 0 Å². The van der Waals surface area contributed by atoms with E-state index in [0.717, 1.165) is 11.1 Å². The van der Waals surface area contributed by atoms with Crippen molar-refractivity contribution in [2.75, 3.05) is 5.88 Å². The van der Waals surface area contributed by atoms with Crippen molar-refractivity contribution in [3.8, 4) is 0 Å². The SMILES string of the molecule is Cc1c(Cl)cccc1C(=O)NC(CCl)Cc1ccccc1. The van der Waals surface area contributed by atoms with E-state index < -0.39 is 0 Å². The van der Waals surface area contributed by atoms with Gasteiger partial charge in [0.1, 0.15) is 0 Å². The molecule has 0 fully saturated rings. The van der Waals surface area contributed by atoms with Crippen LogP contribution >= 0.6 is 23.2 Å². The van der Waals surface area contributed by atoms with Crippen LogP contribution in [0.5, 0.6) is 0 Å². The molecule has 21 heavy (non-hydrogen) atoms. The van der Waals surface area contributed by atoms with Crippen molar-refractivity contribution in [2.24, 2.45) is 0 Å². The lowest BCUT2D eigenvalue weighted by Crippen LogP contribution is -2.38. The summed E-state index contributed by atoms with van der Waals surface area (Å²) in [6.07, 6.45) is 0.704. The highest BCUT2D eigenvalue weighted by molar-refractivity contribution is 6.31. The molecule has 110 valence electrons. The Labute approximate surface area is 135 Å². The summed E-state index contributed by atoms with van der Waals surface area (Å²) < 4.78 is 0. The second kappa shape index (κ2) is 7.48. The van der Waals surface area contributed by atoms with Crippen LogP contribution in [0.2, 0.25) is 5.02 Å². The summed E-state index contributed by atoms with van der Waals surface area (Å²) in [4.78, 5) is 12.3. The van der Waals surface area contributed by atoms with Gasteiger partial charge in [0.25, 0.3) is 5.91 Å². The second-order valence-corrected chi connectivity index (χ2v) is 5.64. The minimum Gasteiger partial charge on any atom is -0.348 e. The number of alkyl halides is 1. The molecule has 0 bridgehead atoms. The van der Waals surface area contributed by atoms with Crippen LogP contribution in [0.4, 0.5) is 0 Å². The minimum absolute atomic E-state index is 0.111. The predicted molar refractivity (Wildman–Crippen MR) is 88.3 cm³/mol. The van der Waals surface area contributed by atoms with Crippen molar-refractivity contribution >= 4 is 29.1 Å². The Morgan fingerprint density at radius 3 is 2.52 bits per heavy atom. The number of rotatable bonds is 5. The van der Waals surface area contributed by atoms with Gasteiger partial charge in [-0.15, -0.1) is 11.6 Å². The van der Waals surface area contributed by atoms with Crippen LogP contribution in [0.1, 0.15) is 21.5 Å². The van der Waals surface area contributed by atoms with Gasteiger partial charge in [-0.2, -0.15) is 0 Å². The summed E-state index contributed by atoms with van der Waals surface area (Å²) >= 11 is 12.0. The molecule has 0 aliphatic rings. The zero-order valence-electron chi connectivity index (χ0n) is 11.8. The fraction of sp³-hybridized carbons (Fsp3) is 0.235. The predicted octanol–water partition coefficient (Wildman–Crippen LogP) is 4.23. The third-order valence-corrected chi connectivity index (χ3v) is 4.14. The molecule has 1 unspecified atom stereocenters. The van der Waals surface area contributed by atoms with E-state index in [1.54, 1.807) is 18.2 Å². The second-order valence-electron chi connectivity index (χ2n) is 4.93. The largest absolute Gasteiger partial charge is 0.348 e. The summed E-state index contributed by atoms with van der Waals surface area (Å²) in [6, 6.07) is 15.2. The first kappa shape index (κ1) is 15.9. The third-order valence-electron chi connectivity index (χ3n) is 3.36. The molecule has 2 rings (SSSR count). The molecule has 0 saturated heterocycles. The number of amides is 1. The Bertz CT molecular complexity index is 613. The lowest BCUT2D eigenvalue weighted by molar-refractivity contribution is 0.0940. The summed E-state index contributed by atoms with van der Waals surface area (Å²) in [6.45, 7) is 1.84. The van der Waals surface area contributed by atoms with E-state index in [9.17, 15) is 4.79 Å². The van der Waals surface area contributed by atoms with Gasteiger partial charge in [0.05, 0.1) is 0 Å². The van der Waals surface area contributed by atoms with E-state index in [0.29, 0.717) is 22.9 Å². The lowest BCUT2D eigenvalue weighted by atomic mass is 10.1. The number of hydrogen-bond donors (Lipinski definition) is 1. The first-order valence-corrected chi connectivity index (χ1v) is 7.69. The van der Waals surface area contributed by atoms with Gasteiger partial charge in [-0.1, -0.05) is 48.0 Å². The quantitative estimate of drug-likeness (QED) is 0.820. The zero-order valence-corrected chi connectivity index (χ0v) is 13.3. The molecule has 0 saturated carbocycles. The van der Waals surface area contributed by atoms with Crippen molar-refractivity contribution in [1.82, 2.24) is 5.32 Å². The van der Waals surface area contributed by atoms with E-state index in [-0.39, 0.29) is 11.9 Å². The van der Waals surface area contributed by atoms with Crippen molar-refractivity contribution in [3.05, 3.63) is 70.2 Å². The highest BCUT2D eigenvalue weighted by Gasteiger charge is 2.16. The molecule has 0 aliphatic carbocycles. The molecule has 0 aliphatic heterocycles. The van der Waals surface area contributed by atoms with Gasteiger partial charge >= 0.3 is 0 Å². The van der Waals surface area contributed by atoms with Gasteiger partial charge in [-0.05, 0) is 36.6 Å². The van der Waals surface area contributed by atoms with Gasteiger partial charge in [-0.3, -0.25) is 4.79 Å². The normalized spacial score (nSPS) is 12.0. The maximum atomic E-state index is 12.3. The number of carbonyl (C=O) groups is 1. The molecular weight excluding hydrogens is 305 g/mol. The standard InChI is InChI=1S/C17H17Cl2NO/c1-12-15(8-5-9-16(12)19)17(21)20-14(11-18)10-13-6-3-2-4-7-13/h2-9,14H,10-11H2,1H3,(H,20,21). The Hall–Kier alpha value is -1.51. The van der Waals surface area contributed by atoms with E-state index in [2.05, 4.69) is 5.32 Å². The Morgan fingerprint density at radius 2 is 1.86 bits per heavy atom. The molecule has 1 N–H and O–H groups in total. The maximum absolute atomic E-state index is 12.3. The minimum atomic E-state index is -0.142. The highest BCUT2D eigenvalue weighted by atomic mass is 35.5. The van der Waals surface area contributed by atoms with Crippen LogP contribution in [-0.2, 0) is 6.42 Å². The fourth-order valence-corrected chi connectivity index (χ4v) is 2.52. The molecule has 0 radical (unpaired) electrons. The van der Waals surface area contributed by atoms with Crippen LogP contribution in [0.15, 0.2) is 48.5 Å². The molecular formula is C17H17Cl2NO. The Balaban J connectivity index is 2.08. The Kier molecular flexibility index (Phi) is 5.66. The first-order valence-electron chi connectivity index (χ1n) is 6.77. The van der Waals surface area contributed by atoms with Crippen molar-refractivity contribution in [3.63, 3.8) is 0 Å². The number of nitrogens with one attached hydrogen (secondary N) is 1. The molecule has 0 heterocycles. The van der Waals surface area contributed by atoms with E-state index >= 15 is 0 Å². The topological polar surface area (TPSA) is 29.1 Å². The van der Waals surface area contributed by atoms with Crippen LogP contribution in [-0.4, -0.2) is 17.8 Å². The summed E-state index contributed by atoms with van der Waals surface area (Å²) in [5, 5.41) is 3.56. The van der Waals surface area contributed by atoms with E-state index in [4.69, 9.17) is 23.2 Å². The molecule has 0 spiro atoms. The fourth-order valence-electron chi connectivity index (χ4n) is 2.16. The molecule has 2 aromatic rings. The molecule has 0 aromatic heterocycles.